The van der Waals surface area contributed by atoms with Gasteiger partial charge in [-0.25, -0.2) is 0 Å². The highest BCUT2D eigenvalue weighted by atomic mass is 28.4. The fourth-order valence-electron chi connectivity index (χ4n) is 4.00. The molecule has 0 amide bonds. The first-order valence-corrected chi connectivity index (χ1v) is 24.1. The van der Waals surface area contributed by atoms with Gasteiger partial charge in [0.1, 0.15) is 34.7 Å². The maximum atomic E-state index is 13.9. The van der Waals surface area contributed by atoms with E-state index in [-0.39, 0.29) is 27.3 Å². The zero-order valence-corrected chi connectivity index (χ0v) is 32.6. The third-order valence-corrected chi connectivity index (χ3v) is 23.1. The molecule has 9 heteroatoms. The summed E-state index contributed by atoms with van der Waals surface area (Å²) in [5.41, 5.74) is 1.38. The molecule has 0 saturated carbocycles. The number of carbonyl (C=O) groups excluding carboxylic acids is 1. The molecule has 2 aromatic rings. The minimum absolute atomic E-state index is 0.00141. The standard InChI is InChI=1S/C34H56O6Si3/c1-32(2,3)41(11,12)38-24-20-29-31(30(21-24)40-43(15,16)34(7,8)9)25(35)22-27(37-29)23-17-18-26(36-10)28(19-23)39-42(13,14)33(4,5)6/h17-21,27H,22H2,1-16H3/t27-/m0/s1. The number of ether oxygens (including phenoxy) is 2. The van der Waals surface area contributed by atoms with Gasteiger partial charge in [-0.3, -0.25) is 4.79 Å². The normalized spacial score (nSPS) is 16.7. The van der Waals surface area contributed by atoms with Crippen LogP contribution in [0.25, 0.3) is 0 Å². The van der Waals surface area contributed by atoms with Gasteiger partial charge in [0.2, 0.25) is 8.32 Å². The number of hydrogen-bond donors (Lipinski definition) is 0. The first-order valence-electron chi connectivity index (χ1n) is 15.4. The molecule has 0 unspecified atom stereocenters. The van der Waals surface area contributed by atoms with Gasteiger partial charge < -0.3 is 22.8 Å². The van der Waals surface area contributed by atoms with Crippen molar-refractivity contribution in [3.05, 3.63) is 41.5 Å². The lowest BCUT2D eigenvalue weighted by Gasteiger charge is -2.39. The van der Waals surface area contributed by atoms with E-state index >= 15 is 0 Å². The topological polar surface area (TPSA) is 63.2 Å². The lowest BCUT2D eigenvalue weighted by atomic mass is 9.95. The minimum Gasteiger partial charge on any atom is -0.543 e. The maximum absolute atomic E-state index is 13.9. The van der Waals surface area contributed by atoms with E-state index in [0.717, 1.165) is 5.56 Å². The Labute approximate surface area is 264 Å². The van der Waals surface area contributed by atoms with Gasteiger partial charge in [-0.1, -0.05) is 68.4 Å². The van der Waals surface area contributed by atoms with Crippen LogP contribution in [0, 0.1) is 0 Å². The van der Waals surface area contributed by atoms with Crippen LogP contribution in [0.3, 0.4) is 0 Å². The second-order valence-corrected chi connectivity index (χ2v) is 30.7. The predicted octanol–water partition coefficient (Wildman–Crippen LogP) is 10.6. The van der Waals surface area contributed by atoms with Crippen molar-refractivity contribution >= 4 is 30.7 Å². The number of hydrogen-bond acceptors (Lipinski definition) is 6. The number of fused-ring (bicyclic) bond motifs is 1. The Morgan fingerprint density at radius 2 is 1.16 bits per heavy atom. The van der Waals surface area contributed by atoms with E-state index in [4.69, 9.17) is 22.8 Å². The summed E-state index contributed by atoms with van der Waals surface area (Å²) in [7, 11) is -4.93. The molecule has 0 spiro atoms. The lowest BCUT2D eigenvalue weighted by molar-refractivity contribution is 0.0846. The Morgan fingerprint density at radius 3 is 1.65 bits per heavy atom. The van der Waals surface area contributed by atoms with Gasteiger partial charge in [-0.2, -0.15) is 0 Å². The molecule has 0 bridgehead atoms. The quantitative estimate of drug-likeness (QED) is 0.266. The predicted molar refractivity (Wildman–Crippen MR) is 185 cm³/mol. The van der Waals surface area contributed by atoms with Gasteiger partial charge in [-0.05, 0) is 72.1 Å². The summed E-state index contributed by atoms with van der Waals surface area (Å²) in [6, 6.07) is 9.65. The third kappa shape index (κ3) is 7.53. The number of benzene rings is 2. The van der Waals surface area contributed by atoms with Gasteiger partial charge in [0, 0.05) is 12.1 Å². The highest BCUT2D eigenvalue weighted by Gasteiger charge is 2.43. The van der Waals surface area contributed by atoms with Gasteiger partial charge in [0.05, 0.1) is 13.5 Å². The van der Waals surface area contributed by atoms with Crippen LogP contribution in [0.1, 0.15) is 90.8 Å². The number of methoxy groups -OCH3 is 1. The average molecular weight is 645 g/mol. The number of ketones is 1. The molecule has 0 aromatic heterocycles. The molecule has 1 heterocycles. The van der Waals surface area contributed by atoms with Crippen LogP contribution in [0.15, 0.2) is 30.3 Å². The van der Waals surface area contributed by atoms with Crippen LogP contribution in [0.2, 0.25) is 54.4 Å². The van der Waals surface area contributed by atoms with Gasteiger partial charge in [-0.15, -0.1) is 0 Å². The van der Waals surface area contributed by atoms with Crippen molar-refractivity contribution in [1.29, 1.82) is 0 Å². The van der Waals surface area contributed by atoms with Crippen LogP contribution < -0.4 is 22.8 Å². The van der Waals surface area contributed by atoms with Crippen molar-refractivity contribution in [2.45, 2.75) is 129 Å². The molecule has 1 aliphatic rings. The highest BCUT2D eigenvalue weighted by Crippen LogP contribution is 2.48. The van der Waals surface area contributed by atoms with Crippen molar-refractivity contribution < 1.29 is 27.5 Å². The molecule has 240 valence electrons. The van der Waals surface area contributed by atoms with Crippen LogP contribution in [0.5, 0.6) is 28.7 Å². The van der Waals surface area contributed by atoms with Gasteiger partial charge in [0.25, 0.3) is 16.6 Å². The fraction of sp³-hybridized carbons (Fsp3) is 0.618. The number of Topliss-reactive ketones (excluding diaryl/α,β-unsaturated/α-hetero) is 1. The number of carbonyl (C=O) groups is 1. The zero-order chi connectivity index (χ0) is 33.0. The summed E-state index contributed by atoms with van der Waals surface area (Å²) in [6.07, 6.45) is -0.272. The highest BCUT2D eigenvalue weighted by molar-refractivity contribution is 6.75. The van der Waals surface area contributed by atoms with Gasteiger partial charge in [0.15, 0.2) is 11.5 Å². The molecule has 0 radical (unpaired) electrons. The van der Waals surface area contributed by atoms with Crippen molar-refractivity contribution in [2.75, 3.05) is 7.11 Å². The van der Waals surface area contributed by atoms with Crippen molar-refractivity contribution in [1.82, 2.24) is 0 Å². The average Bonchev–Trinajstić information content (AvgIpc) is 2.80. The maximum Gasteiger partial charge on any atom is 0.250 e. The fourth-order valence-corrected chi connectivity index (χ4v) is 7.05. The second kappa shape index (κ2) is 11.6. The van der Waals surface area contributed by atoms with Crippen LogP contribution >= 0.6 is 0 Å². The smallest absolute Gasteiger partial charge is 0.250 e. The summed E-state index contributed by atoms with van der Waals surface area (Å²) in [6.45, 7) is 33.1. The molecule has 0 saturated heterocycles. The molecular formula is C34H56O6Si3. The molecule has 0 aliphatic carbocycles. The zero-order valence-electron chi connectivity index (χ0n) is 29.6. The summed E-state index contributed by atoms with van der Waals surface area (Å²) in [5.74, 6) is 3.12. The third-order valence-electron chi connectivity index (χ3n) is 10.0. The van der Waals surface area contributed by atoms with E-state index in [1.165, 1.54) is 0 Å². The Hall–Kier alpha value is -2.24. The molecule has 1 atom stereocenters. The van der Waals surface area contributed by atoms with Crippen molar-refractivity contribution in [2.24, 2.45) is 0 Å². The molecule has 43 heavy (non-hydrogen) atoms. The Morgan fingerprint density at radius 1 is 0.674 bits per heavy atom. The van der Waals surface area contributed by atoms with Gasteiger partial charge >= 0.3 is 0 Å². The SMILES string of the molecule is COc1ccc([C@@H]2CC(=O)c3c(cc(O[Si](C)(C)C(C)(C)C)cc3O[Si](C)(C)C(C)(C)C)O2)cc1O[Si](C)(C)C(C)(C)C. The van der Waals surface area contributed by atoms with E-state index in [1.54, 1.807) is 7.11 Å². The molecule has 0 fully saturated rings. The Kier molecular flexibility index (Phi) is 9.51. The largest absolute Gasteiger partial charge is 0.543 e. The van der Waals surface area contributed by atoms with E-state index in [2.05, 4.69) is 102 Å². The van der Waals surface area contributed by atoms with E-state index in [9.17, 15) is 4.79 Å². The summed E-state index contributed by atoms with van der Waals surface area (Å²) in [5, 5.41) is -0.0154. The monoisotopic (exact) mass is 644 g/mol. The Balaban J connectivity index is 2.11. The van der Waals surface area contributed by atoms with Crippen molar-refractivity contribution in [3.63, 3.8) is 0 Å². The number of rotatable bonds is 8. The second-order valence-electron chi connectivity index (χ2n) is 16.5. The summed E-state index contributed by atoms with van der Waals surface area (Å²) in [4.78, 5) is 13.9. The molecule has 0 N–H and O–H groups in total. The molecule has 6 nitrogen and oxygen atoms in total. The van der Waals surface area contributed by atoms with Crippen molar-refractivity contribution in [3.8, 4) is 28.7 Å². The van der Waals surface area contributed by atoms with E-state index < -0.39 is 31.1 Å². The Bertz CT molecular complexity index is 1340. The molecular weight excluding hydrogens is 589 g/mol. The first kappa shape index (κ1) is 35.2. The van der Waals surface area contributed by atoms with E-state index in [0.29, 0.717) is 34.3 Å². The van der Waals surface area contributed by atoms with Crippen LogP contribution in [-0.2, 0) is 0 Å². The molecule has 1 aliphatic heterocycles. The summed E-state index contributed by atoms with van der Waals surface area (Å²) < 4.78 is 32.5. The minimum atomic E-state index is -2.27. The van der Waals surface area contributed by atoms with Crippen LogP contribution in [0.4, 0.5) is 0 Å². The molecule has 3 rings (SSSR count). The van der Waals surface area contributed by atoms with Crippen LogP contribution in [-0.4, -0.2) is 37.8 Å². The lowest BCUT2D eigenvalue weighted by Crippen LogP contribution is -2.45. The first-order chi connectivity index (χ1) is 19.3. The van der Waals surface area contributed by atoms with E-state index in [1.807, 2.05) is 30.3 Å². The molecule has 2 aromatic carbocycles. The summed E-state index contributed by atoms with van der Waals surface area (Å²) >= 11 is 0.